The third-order valence-electron chi connectivity index (χ3n) is 3.53. The van der Waals surface area contributed by atoms with E-state index in [9.17, 15) is 4.79 Å². The van der Waals surface area contributed by atoms with Gasteiger partial charge in [-0.15, -0.1) is 0 Å². The highest BCUT2D eigenvalue weighted by Gasteiger charge is 2.14. The van der Waals surface area contributed by atoms with Crippen molar-refractivity contribution in [1.82, 2.24) is 4.90 Å². The summed E-state index contributed by atoms with van der Waals surface area (Å²) in [5.41, 5.74) is 9.46. The molecule has 0 bridgehead atoms. The molecule has 1 aromatic rings. The van der Waals surface area contributed by atoms with E-state index in [-0.39, 0.29) is 17.9 Å². The lowest BCUT2D eigenvalue weighted by Crippen LogP contribution is -2.34. The molecule has 0 saturated carbocycles. The summed E-state index contributed by atoms with van der Waals surface area (Å²) < 4.78 is 0. The predicted molar refractivity (Wildman–Crippen MR) is 80.3 cm³/mol. The Hall–Kier alpha value is -1.35. The third kappa shape index (κ3) is 4.35. The van der Waals surface area contributed by atoms with Crippen LogP contribution in [-0.2, 0) is 16.6 Å². The fourth-order valence-corrected chi connectivity index (χ4v) is 2.01. The van der Waals surface area contributed by atoms with Gasteiger partial charge in [0, 0.05) is 13.6 Å². The molecule has 0 radical (unpaired) electrons. The zero-order valence-corrected chi connectivity index (χ0v) is 12.8. The topological polar surface area (TPSA) is 46.3 Å². The first-order valence-corrected chi connectivity index (χ1v) is 6.79. The van der Waals surface area contributed by atoms with Crippen LogP contribution in [0.5, 0.6) is 0 Å². The molecule has 0 spiro atoms. The Morgan fingerprint density at radius 1 is 1.32 bits per heavy atom. The van der Waals surface area contributed by atoms with Crippen LogP contribution in [0.3, 0.4) is 0 Å². The zero-order valence-electron chi connectivity index (χ0n) is 12.8. The minimum Gasteiger partial charge on any atom is -0.344 e. The lowest BCUT2D eigenvalue weighted by molar-refractivity contribution is -0.128. The number of hydrogen-bond acceptors (Lipinski definition) is 2. The summed E-state index contributed by atoms with van der Waals surface area (Å²) in [6, 6.07) is 6.61. The number of hydrogen-bond donors (Lipinski definition) is 1. The van der Waals surface area contributed by atoms with Gasteiger partial charge >= 0.3 is 0 Å². The number of nitrogens with two attached hydrogens (primary N) is 1. The van der Waals surface area contributed by atoms with Crippen LogP contribution < -0.4 is 5.73 Å². The molecule has 1 amide bonds. The number of nitrogens with zero attached hydrogens (tertiary/aromatic N) is 1. The molecule has 19 heavy (non-hydrogen) atoms. The molecule has 0 aromatic heterocycles. The predicted octanol–water partition coefficient (Wildman–Crippen LogP) is 2.25. The van der Waals surface area contributed by atoms with Crippen LogP contribution in [0.25, 0.3) is 0 Å². The lowest BCUT2D eigenvalue weighted by Gasteiger charge is -2.21. The Kier molecular flexibility index (Phi) is 5.12. The highest BCUT2D eigenvalue weighted by Crippen LogP contribution is 2.24. The summed E-state index contributed by atoms with van der Waals surface area (Å²) in [5, 5.41) is 0. The van der Waals surface area contributed by atoms with Crippen molar-refractivity contribution in [1.29, 1.82) is 0 Å². The summed E-state index contributed by atoms with van der Waals surface area (Å²) in [6.07, 6.45) is 0.874. The van der Waals surface area contributed by atoms with Crippen LogP contribution in [0.15, 0.2) is 18.2 Å². The van der Waals surface area contributed by atoms with Gasteiger partial charge in [-0.05, 0) is 35.4 Å². The van der Waals surface area contributed by atoms with Crippen LogP contribution in [-0.4, -0.2) is 30.9 Å². The number of aryl methyl sites for hydroxylation is 1. The molecule has 2 N–H and O–H groups in total. The second kappa shape index (κ2) is 6.20. The van der Waals surface area contributed by atoms with Gasteiger partial charge in [0.05, 0.1) is 6.54 Å². The molecule has 0 aliphatic rings. The SMILES string of the molecule is Cc1cc(C(C)(C)C)ccc1CCN(C)C(=O)CN. The van der Waals surface area contributed by atoms with E-state index in [0.29, 0.717) is 6.54 Å². The van der Waals surface area contributed by atoms with Crippen molar-refractivity contribution in [3.63, 3.8) is 0 Å². The van der Waals surface area contributed by atoms with E-state index in [2.05, 4.69) is 45.9 Å². The van der Waals surface area contributed by atoms with Crippen LogP contribution in [0, 0.1) is 6.92 Å². The van der Waals surface area contributed by atoms with E-state index < -0.39 is 0 Å². The van der Waals surface area contributed by atoms with E-state index >= 15 is 0 Å². The molecule has 0 aliphatic heterocycles. The molecule has 0 saturated heterocycles. The summed E-state index contributed by atoms with van der Waals surface area (Å²) in [6.45, 7) is 9.58. The summed E-state index contributed by atoms with van der Waals surface area (Å²) in [7, 11) is 1.80. The molecule has 3 nitrogen and oxygen atoms in total. The number of benzene rings is 1. The fraction of sp³-hybridized carbons (Fsp3) is 0.562. The Morgan fingerprint density at radius 2 is 1.95 bits per heavy atom. The minimum atomic E-state index is -0.0102. The maximum atomic E-state index is 11.4. The number of carbonyl (C=O) groups is 1. The molecule has 0 fully saturated rings. The molecular weight excluding hydrogens is 236 g/mol. The van der Waals surface area contributed by atoms with Crippen LogP contribution in [0.4, 0.5) is 0 Å². The fourth-order valence-electron chi connectivity index (χ4n) is 2.01. The molecule has 0 atom stereocenters. The van der Waals surface area contributed by atoms with Crippen molar-refractivity contribution in [2.45, 2.75) is 39.5 Å². The van der Waals surface area contributed by atoms with Crippen LogP contribution in [0.1, 0.15) is 37.5 Å². The van der Waals surface area contributed by atoms with Gasteiger partial charge in [-0.1, -0.05) is 39.0 Å². The molecule has 1 aromatic carbocycles. The van der Waals surface area contributed by atoms with Gasteiger partial charge in [-0.3, -0.25) is 4.79 Å². The van der Waals surface area contributed by atoms with Crippen LogP contribution >= 0.6 is 0 Å². The van der Waals surface area contributed by atoms with Gasteiger partial charge in [-0.2, -0.15) is 0 Å². The first kappa shape index (κ1) is 15.7. The molecule has 0 unspecified atom stereocenters. The first-order valence-electron chi connectivity index (χ1n) is 6.79. The lowest BCUT2D eigenvalue weighted by atomic mass is 9.85. The van der Waals surface area contributed by atoms with Crippen molar-refractivity contribution in [3.05, 3.63) is 34.9 Å². The molecule has 0 heterocycles. The molecule has 0 aliphatic carbocycles. The first-order chi connectivity index (χ1) is 8.75. The van der Waals surface area contributed by atoms with Crippen LogP contribution in [0.2, 0.25) is 0 Å². The maximum Gasteiger partial charge on any atom is 0.236 e. The third-order valence-corrected chi connectivity index (χ3v) is 3.53. The van der Waals surface area contributed by atoms with E-state index in [0.717, 1.165) is 6.42 Å². The Morgan fingerprint density at radius 3 is 2.42 bits per heavy atom. The van der Waals surface area contributed by atoms with E-state index in [1.54, 1.807) is 11.9 Å². The normalized spacial score (nSPS) is 11.5. The average molecular weight is 262 g/mol. The van der Waals surface area contributed by atoms with Gasteiger partial charge in [0.15, 0.2) is 0 Å². The second-order valence-corrected chi connectivity index (χ2v) is 6.16. The van der Waals surface area contributed by atoms with Gasteiger partial charge in [0.25, 0.3) is 0 Å². The van der Waals surface area contributed by atoms with E-state index in [4.69, 9.17) is 5.73 Å². The number of carbonyl (C=O) groups excluding carboxylic acids is 1. The smallest absolute Gasteiger partial charge is 0.236 e. The monoisotopic (exact) mass is 262 g/mol. The molecule has 3 heteroatoms. The highest BCUT2D eigenvalue weighted by molar-refractivity contribution is 5.77. The Balaban J connectivity index is 2.73. The van der Waals surface area contributed by atoms with Gasteiger partial charge in [0.2, 0.25) is 5.91 Å². The van der Waals surface area contributed by atoms with Gasteiger partial charge in [-0.25, -0.2) is 0 Å². The van der Waals surface area contributed by atoms with Crippen molar-refractivity contribution in [2.75, 3.05) is 20.1 Å². The number of likely N-dealkylation sites (N-methyl/N-ethyl adjacent to an activating group) is 1. The standard InChI is InChI=1S/C16H26N2O/c1-12-10-14(16(2,3)4)7-6-13(12)8-9-18(5)15(19)11-17/h6-7,10H,8-9,11,17H2,1-5H3. The largest absolute Gasteiger partial charge is 0.344 e. The Labute approximate surface area is 116 Å². The van der Waals surface area contributed by atoms with Crippen molar-refractivity contribution < 1.29 is 4.79 Å². The summed E-state index contributed by atoms with van der Waals surface area (Å²) >= 11 is 0. The molecule has 1 rings (SSSR count). The number of amides is 1. The van der Waals surface area contributed by atoms with Crippen molar-refractivity contribution in [2.24, 2.45) is 5.73 Å². The molecule has 106 valence electrons. The molecular formula is C16H26N2O. The minimum absolute atomic E-state index is 0.0102. The van der Waals surface area contributed by atoms with Crippen molar-refractivity contribution in [3.8, 4) is 0 Å². The van der Waals surface area contributed by atoms with E-state index in [1.807, 2.05) is 0 Å². The van der Waals surface area contributed by atoms with E-state index in [1.165, 1.54) is 16.7 Å². The maximum absolute atomic E-state index is 11.4. The zero-order chi connectivity index (χ0) is 14.6. The van der Waals surface area contributed by atoms with Gasteiger partial charge in [0.1, 0.15) is 0 Å². The quantitative estimate of drug-likeness (QED) is 0.904. The summed E-state index contributed by atoms with van der Waals surface area (Å²) in [5.74, 6) is -0.0102. The second-order valence-electron chi connectivity index (χ2n) is 6.16. The number of rotatable bonds is 4. The average Bonchev–Trinajstić information content (AvgIpc) is 2.34. The van der Waals surface area contributed by atoms with Gasteiger partial charge < -0.3 is 10.6 Å². The van der Waals surface area contributed by atoms with Crippen molar-refractivity contribution >= 4 is 5.91 Å². The Bertz CT molecular complexity index is 447. The summed E-state index contributed by atoms with van der Waals surface area (Å²) in [4.78, 5) is 13.1. The highest BCUT2D eigenvalue weighted by atomic mass is 16.2.